The number of aromatic amines is 1. The van der Waals surface area contributed by atoms with Crippen molar-refractivity contribution in [2.45, 2.75) is 25.9 Å². The summed E-state index contributed by atoms with van der Waals surface area (Å²) in [5, 5.41) is 11.8. The van der Waals surface area contributed by atoms with E-state index in [-0.39, 0.29) is 12.5 Å². The fourth-order valence-electron chi connectivity index (χ4n) is 1.99. The minimum absolute atomic E-state index is 0.0220. The molecule has 0 aliphatic heterocycles. The number of aromatic nitrogens is 2. The molecule has 0 amide bonds. The van der Waals surface area contributed by atoms with E-state index in [1.165, 1.54) is 0 Å². The number of fused-ring (bicyclic) bond motifs is 1. The summed E-state index contributed by atoms with van der Waals surface area (Å²) in [5.41, 5.74) is 8.74. The van der Waals surface area contributed by atoms with Crippen LogP contribution in [0.3, 0.4) is 0 Å². The number of hydrogen-bond donors (Lipinski definition) is 4. The third-order valence-corrected chi connectivity index (χ3v) is 2.84. The molecule has 0 fully saturated rings. The molecular formula is C13H18N4O2. The minimum atomic E-state index is -0.872. The number of aryl methyl sites for hydroxylation is 1. The van der Waals surface area contributed by atoms with Crippen molar-refractivity contribution in [1.82, 2.24) is 15.3 Å². The Morgan fingerprint density at radius 2 is 2.37 bits per heavy atom. The van der Waals surface area contributed by atoms with Gasteiger partial charge >= 0.3 is 5.97 Å². The van der Waals surface area contributed by atoms with Gasteiger partial charge in [0.1, 0.15) is 5.82 Å². The quantitative estimate of drug-likeness (QED) is 0.615. The zero-order valence-electron chi connectivity index (χ0n) is 10.8. The van der Waals surface area contributed by atoms with Gasteiger partial charge in [-0.2, -0.15) is 0 Å². The molecule has 102 valence electrons. The fourth-order valence-corrected chi connectivity index (χ4v) is 1.99. The number of nitrogens with two attached hydrogens (primary N) is 1. The Bertz CT molecular complexity index is 579. The standard InChI is InChI=1S/C13H18N4O2/c1-8-16-11-3-2-9(4-12(11)17-8)6-15-7-10(14)5-13(18)19/h2-4,10,15H,5-7,14H2,1H3,(H,16,17)(H,18,19). The van der Waals surface area contributed by atoms with Crippen LogP contribution >= 0.6 is 0 Å². The highest BCUT2D eigenvalue weighted by molar-refractivity contribution is 5.75. The summed E-state index contributed by atoms with van der Waals surface area (Å²) in [6.45, 7) is 3.05. The van der Waals surface area contributed by atoms with Crippen molar-refractivity contribution in [2.24, 2.45) is 5.73 Å². The topological polar surface area (TPSA) is 104 Å². The van der Waals surface area contributed by atoms with Gasteiger partial charge in [0, 0.05) is 19.1 Å². The molecule has 6 heteroatoms. The van der Waals surface area contributed by atoms with E-state index in [9.17, 15) is 4.79 Å². The largest absolute Gasteiger partial charge is 0.481 e. The molecule has 0 saturated carbocycles. The van der Waals surface area contributed by atoms with Gasteiger partial charge in [0.15, 0.2) is 0 Å². The Hall–Kier alpha value is -1.92. The number of carboxylic acids is 1. The van der Waals surface area contributed by atoms with Crippen LogP contribution < -0.4 is 11.1 Å². The molecule has 1 aromatic heterocycles. The molecule has 0 saturated heterocycles. The van der Waals surface area contributed by atoms with Gasteiger partial charge in [0.25, 0.3) is 0 Å². The zero-order chi connectivity index (χ0) is 13.8. The summed E-state index contributed by atoms with van der Waals surface area (Å²) in [6.07, 6.45) is -0.0220. The van der Waals surface area contributed by atoms with Crippen LogP contribution in [0.5, 0.6) is 0 Å². The number of nitrogens with zero attached hydrogens (tertiary/aromatic N) is 1. The van der Waals surface area contributed by atoms with Gasteiger partial charge in [-0.3, -0.25) is 4.79 Å². The minimum Gasteiger partial charge on any atom is -0.481 e. The molecule has 0 aliphatic rings. The maximum absolute atomic E-state index is 10.5. The van der Waals surface area contributed by atoms with E-state index in [2.05, 4.69) is 15.3 Å². The van der Waals surface area contributed by atoms with Gasteiger partial charge in [-0.15, -0.1) is 0 Å². The molecule has 2 rings (SSSR count). The first-order chi connectivity index (χ1) is 9.04. The molecule has 1 atom stereocenters. The maximum atomic E-state index is 10.5. The highest BCUT2D eigenvalue weighted by Crippen LogP contribution is 2.13. The maximum Gasteiger partial charge on any atom is 0.304 e. The Balaban J connectivity index is 1.89. The van der Waals surface area contributed by atoms with Gasteiger partial charge in [0.2, 0.25) is 0 Å². The average molecular weight is 262 g/mol. The van der Waals surface area contributed by atoms with Crippen LogP contribution in [0.25, 0.3) is 11.0 Å². The highest BCUT2D eigenvalue weighted by atomic mass is 16.4. The summed E-state index contributed by atoms with van der Waals surface area (Å²) in [7, 11) is 0. The van der Waals surface area contributed by atoms with Crippen molar-refractivity contribution in [3.05, 3.63) is 29.6 Å². The first-order valence-corrected chi connectivity index (χ1v) is 6.18. The second kappa shape index (κ2) is 5.81. The van der Waals surface area contributed by atoms with E-state index in [0.717, 1.165) is 22.4 Å². The predicted octanol–water partition coefficient (Wildman–Crippen LogP) is 0.763. The number of imidazole rings is 1. The third kappa shape index (κ3) is 3.77. The molecule has 19 heavy (non-hydrogen) atoms. The summed E-state index contributed by atoms with van der Waals surface area (Å²) in [6, 6.07) is 5.63. The molecule has 0 spiro atoms. The van der Waals surface area contributed by atoms with Crippen LogP contribution in [-0.4, -0.2) is 33.6 Å². The van der Waals surface area contributed by atoms with E-state index in [4.69, 9.17) is 10.8 Å². The van der Waals surface area contributed by atoms with Crippen molar-refractivity contribution in [1.29, 1.82) is 0 Å². The van der Waals surface area contributed by atoms with Gasteiger partial charge in [-0.05, 0) is 24.6 Å². The monoisotopic (exact) mass is 262 g/mol. The van der Waals surface area contributed by atoms with Crippen LogP contribution in [0.4, 0.5) is 0 Å². The first kappa shape index (κ1) is 13.5. The highest BCUT2D eigenvalue weighted by Gasteiger charge is 2.07. The average Bonchev–Trinajstić information content (AvgIpc) is 2.67. The molecule has 6 nitrogen and oxygen atoms in total. The molecule has 5 N–H and O–H groups in total. The Labute approximate surface area is 111 Å². The number of carboxylic acid groups (broad SMARTS) is 1. The second-order valence-electron chi connectivity index (χ2n) is 4.66. The fraction of sp³-hybridized carbons (Fsp3) is 0.385. The van der Waals surface area contributed by atoms with E-state index < -0.39 is 5.97 Å². The van der Waals surface area contributed by atoms with E-state index in [1.54, 1.807) is 0 Å². The van der Waals surface area contributed by atoms with Crippen LogP contribution in [0.2, 0.25) is 0 Å². The molecule has 0 bridgehead atoms. The number of H-pyrrole nitrogens is 1. The smallest absolute Gasteiger partial charge is 0.304 e. The molecule has 1 aromatic carbocycles. The van der Waals surface area contributed by atoms with Gasteiger partial charge in [-0.1, -0.05) is 6.07 Å². The number of rotatable bonds is 6. The third-order valence-electron chi connectivity index (χ3n) is 2.84. The van der Waals surface area contributed by atoms with Crippen LogP contribution in [0.15, 0.2) is 18.2 Å². The molecule has 0 radical (unpaired) electrons. The summed E-state index contributed by atoms with van der Waals surface area (Å²) in [4.78, 5) is 18.0. The number of nitrogens with one attached hydrogen (secondary N) is 2. The summed E-state index contributed by atoms with van der Waals surface area (Å²) >= 11 is 0. The lowest BCUT2D eigenvalue weighted by Gasteiger charge is -2.10. The number of carbonyl (C=O) groups is 1. The van der Waals surface area contributed by atoms with E-state index in [0.29, 0.717) is 13.1 Å². The van der Waals surface area contributed by atoms with Gasteiger partial charge in [0.05, 0.1) is 17.5 Å². The van der Waals surface area contributed by atoms with Crippen molar-refractivity contribution in [3.8, 4) is 0 Å². The SMILES string of the molecule is Cc1nc2ccc(CNCC(N)CC(=O)O)cc2[nH]1. The summed E-state index contributed by atoms with van der Waals surface area (Å²) in [5.74, 6) is 0.0206. The predicted molar refractivity (Wildman–Crippen MR) is 72.8 cm³/mol. The molecule has 1 heterocycles. The van der Waals surface area contributed by atoms with Crippen molar-refractivity contribution < 1.29 is 9.90 Å². The molecule has 1 unspecified atom stereocenters. The molecule has 0 aliphatic carbocycles. The van der Waals surface area contributed by atoms with Crippen molar-refractivity contribution >= 4 is 17.0 Å². The van der Waals surface area contributed by atoms with Crippen LogP contribution in [0, 0.1) is 6.92 Å². The van der Waals surface area contributed by atoms with Gasteiger partial charge in [-0.25, -0.2) is 4.98 Å². The molecular weight excluding hydrogens is 244 g/mol. The van der Waals surface area contributed by atoms with Crippen LogP contribution in [0.1, 0.15) is 17.8 Å². The Kier molecular flexibility index (Phi) is 4.13. The lowest BCUT2D eigenvalue weighted by molar-refractivity contribution is -0.137. The van der Waals surface area contributed by atoms with Crippen LogP contribution in [-0.2, 0) is 11.3 Å². The van der Waals surface area contributed by atoms with E-state index >= 15 is 0 Å². The lowest BCUT2D eigenvalue weighted by atomic mass is 10.2. The first-order valence-electron chi connectivity index (χ1n) is 6.18. The van der Waals surface area contributed by atoms with Gasteiger partial charge < -0.3 is 21.1 Å². The normalized spacial score (nSPS) is 12.7. The zero-order valence-corrected chi connectivity index (χ0v) is 10.8. The van der Waals surface area contributed by atoms with E-state index in [1.807, 2.05) is 25.1 Å². The number of aliphatic carboxylic acids is 1. The second-order valence-corrected chi connectivity index (χ2v) is 4.66. The van der Waals surface area contributed by atoms with Crippen molar-refractivity contribution in [2.75, 3.05) is 6.54 Å². The Morgan fingerprint density at radius 1 is 1.58 bits per heavy atom. The van der Waals surface area contributed by atoms with Crippen molar-refractivity contribution in [3.63, 3.8) is 0 Å². The number of benzene rings is 1. The number of hydrogen-bond acceptors (Lipinski definition) is 4. The molecule has 2 aromatic rings. The summed E-state index contributed by atoms with van der Waals surface area (Å²) < 4.78 is 0. The Morgan fingerprint density at radius 3 is 3.11 bits per heavy atom. The lowest BCUT2D eigenvalue weighted by Crippen LogP contribution is -2.35.